The van der Waals surface area contributed by atoms with Crippen molar-refractivity contribution in [2.24, 2.45) is 0 Å². The van der Waals surface area contributed by atoms with Crippen LogP contribution in [0.1, 0.15) is 11.1 Å². The van der Waals surface area contributed by atoms with Crippen molar-refractivity contribution in [2.45, 2.75) is 13.2 Å². The normalized spacial score (nSPS) is 10.5. The summed E-state index contributed by atoms with van der Waals surface area (Å²) in [6, 6.07) is 20.6. The van der Waals surface area contributed by atoms with Gasteiger partial charge >= 0.3 is 0 Å². The highest BCUT2D eigenvalue weighted by Crippen LogP contribution is 2.12. The van der Waals surface area contributed by atoms with Crippen molar-refractivity contribution >= 4 is 11.6 Å². The first kappa shape index (κ1) is 15.4. The first-order chi connectivity index (χ1) is 11.2. The van der Waals surface area contributed by atoms with Crippen molar-refractivity contribution in [1.82, 2.24) is 4.57 Å². The molecule has 0 radical (unpaired) electrons. The number of nitrogens with zero attached hydrogens (tertiary/aromatic N) is 1. The Labute approximate surface area is 139 Å². The SMILES string of the molecule is O=c1cc(OCc2ccccc2)ccn1Cc1ccc(Cl)cc1. The number of rotatable bonds is 5. The highest BCUT2D eigenvalue weighted by atomic mass is 35.5. The molecule has 3 nitrogen and oxygen atoms in total. The molecule has 0 aliphatic rings. The minimum absolute atomic E-state index is 0.0921. The Kier molecular flexibility index (Phi) is 4.79. The van der Waals surface area contributed by atoms with Gasteiger partial charge in [0.1, 0.15) is 12.4 Å². The lowest BCUT2D eigenvalue weighted by Crippen LogP contribution is -2.19. The van der Waals surface area contributed by atoms with Gasteiger partial charge in [0, 0.05) is 17.3 Å². The maximum atomic E-state index is 12.2. The third-order valence-electron chi connectivity index (χ3n) is 3.48. The summed E-state index contributed by atoms with van der Waals surface area (Å²) < 4.78 is 7.30. The summed E-state index contributed by atoms with van der Waals surface area (Å²) in [7, 11) is 0. The average molecular weight is 326 g/mol. The molecule has 0 spiro atoms. The van der Waals surface area contributed by atoms with Crippen LogP contribution in [-0.4, -0.2) is 4.57 Å². The Balaban J connectivity index is 1.68. The molecule has 4 heteroatoms. The number of hydrogen-bond donors (Lipinski definition) is 0. The van der Waals surface area contributed by atoms with Crippen molar-refractivity contribution in [1.29, 1.82) is 0 Å². The Bertz CT molecular complexity index is 826. The molecule has 116 valence electrons. The quantitative estimate of drug-likeness (QED) is 0.706. The fourth-order valence-corrected chi connectivity index (χ4v) is 2.36. The number of halogens is 1. The van der Waals surface area contributed by atoms with E-state index in [2.05, 4.69) is 0 Å². The first-order valence-corrected chi connectivity index (χ1v) is 7.70. The lowest BCUT2D eigenvalue weighted by Gasteiger charge is -2.09. The van der Waals surface area contributed by atoms with Crippen LogP contribution in [0.5, 0.6) is 5.75 Å². The molecule has 0 atom stereocenters. The molecule has 0 unspecified atom stereocenters. The van der Waals surface area contributed by atoms with Crippen molar-refractivity contribution in [3.05, 3.63) is 99.4 Å². The summed E-state index contributed by atoms with van der Waals surface area (Å²) in [5.41, 5.74) is 2.00. The predicted octanol–water partition coefficient (Wildman–Crippen LogP) is 4.13. The molecule has 3 rings (SSSR count). The van der Waals surface area contributed by atoms with E-state index in [9.17, 15) is 4.79 Å². The number of aromatic nitrogens is 1. The van der Waals surface area contributed by atoms with Gasteiger partial charge in [-0.3, -0.25) is 4.79 Å². The van der Waals surface area contributed by atoms with Crippen LogP contribution in [0.4, 0.5) is 0 Å². The largest absolute Gasteiger partial charge is 0.489 e. The molecular formula is C19H16ClNO2. The van der Waals surface area contributed by atoms with Crippen molar-refractivity contribution in [3.63, 3.8) is 0 Å². The van der Waals surface area contributed by atoms with Crippen LogP contribution in [0, 0.1) is 0 Å². The summed E-state index contributed by atoms with van der Waals surface area (Å²) >= 11 is 5.87. The molecule has 23 heavy (non-hydrogen) atoms. The van der Waals surface area contributed by atoms with Crippen LogP contribution in [-0.2, 0) is 13.2 Å². The zero-order valence-electron chi connectivity index (χ0n) is 12.5. The second-order valence-electron chi connectivity index (χ2n) is 5.23. The monoisotopic (exact) mass is 325 g/mol. The van der Waals surface area contributed by atoms with Crippen molar-refractivity contribution in [3.8, 4) is 5.75 Å². The van der Waals surface area contributed by atoms with Crippen LogP contribution in [0.15, 0.2) is 77.7 Å². The van der Waals surface area contributed by atoms with Gasteiger partial charge in [-0.05, 0) is 29.3 Å². The Morgan fingerprint density at radius 2 is 1.65 bits per heavy atom. The molecule has 1 aromatic heterocycles. The van der Waals surface area contributed by atoms with Crippen LogP contribution >= 0.6 is 11.6 Å². The minimum Gasteiger partial charge on any atom is -0.489 e. The molecular weight excluding hydrogens is 310 g/mol. The smallest absolute Gasteiger partial charge is 0.254 e. The second kappa shape index (κ2) is 7.16. The lowest BCUT2D eigenvalue weighted by molar-refractivity contribution is 0.305. The van der Waals surface area contributed by atoms with Gasteiger partial charge in [0.15, 0.2) is 0 Å². The third kappa shape index (κ3) is 4.24. The maximum Gasteiger partial charge on any atom is 0.254 e. The van der Waals surface area contributed by atoms with Crippen molar-refractivity contribution in [2.75, 3.05) is 0 Å². The topological polar surface area (TPSA) is 31.2 Å². The molecule has 0 amide bonds. The maximum absolute atomic E-state index is 12.2. The van der Waals surface area contributed by atoms with E-state index in [4.69, 9.17) is 16.3 Å². The van der Waals surface area contributed by atoms with E-state index in [0.717, 1.165) is 11.1 Å². The zero-order chi connectivity index (χ0) is 16.1. The van der Waals surface area contributed by atoms with E-state index < -0.39 is 0 Å². The lowest BCUT2D eigenvalue weighted by atomic mass is 10.2. The van der Waals surface area contributed by atoms with Crippen molar-refractivity contribution < 1.29 is 4.74 Å². The molecule has 0 aliphatic carbocycles. The van der Waals surface area contributed by atoms with Gasteiger partial charge in [-0.1, -0.05) is 54.1 Å². The van der Waals surface area contributed by atoms with Gasteiger partial charge in [-0.2, -0.15) is 0 Å². The second-order valence-corrected chi connectivity index (χ2v) is 5.67. The summed E-state index contributed by atoms with van der Waals surface area (Å²) in [4.78, 5) is 12.2. The Hall–Kier alpha value is -2.52. The molecule has 0 fully saturated rings. The minimum atomic E-state index is -0.0921. The molecule has 1 heterocycles. The van der Waals surface area contributed by atoms with Gasteiger partial charge in [0.2, 0.25) is 0 Å². The standard InChI is InChI=1S/C19H16ClNO2/c20-17-8-6-15(7-9-17)13-21-11-10-18(12-19(21)22)23-14-16-4-2-1-3-5-16/h1-12H,13-14H2. The van der Waals surface area contributed by atoms with E-state index in [1.54, 1.807) is 16.8 Å². The molecule has 0 aliphatic heterocycles. The fourth-order valence-electron chi connectivity index (χ4n) is 2.24. The molecule has 0 saturated heterocycles. The van der Waals surface area contributed by atoms with Crippen LogP contribution in [0.2, 0.25) is 5.02 Å². The van der Waals surface area contributed by atoms with E-state index in [1.165, 1.54) is 6.07 Å². The van der Waals surface area contributed by atoms with Gasteiger partial charge in [-0.15, -0.1) is 0 Å². The summed E-state index contributed by atoms with van der Waals surface area (Å²) in [5, 5.41) is 0.686. The highest BCUT2D eigenvalue weighted by Gasteiger charge is 2.02. The highest BCUT2D eigenvalue weighted by molar-refractivity contribution is 6.30. The van der Waals surface area contributed by atoms with E-state index in [-0.39, 0.29) is 5.56 Å². The van der Waals surface area contributed by atoms with E-state index >= 15 is 0 Å². The average Bonchev–Trinajstić information content (AvgIpc) is 2.58. The molecule has 3 aromatic rings. The van der Waals surface area contributed by atoms with E-state index in [0.29, 0.717) is 23.9 Å². The predicted molar refractivity (Wildman–Crippen MR) is 92.0 cm³/mol. The third-order valence-corrected chi connectivity index (χ3v) is 3.73. The van der Waals surface area contributed by atoms with E-state index in [1.807, 2.05) is 54.6 Å². The van der Waals surface area contributed by atoms with Gasteiger partial charge < -0.3 is 9.30 Å². The number of pyridine rings is 1. The molecule has 0 saturated carbocycles. The van der Waals surface area contributed by atoms with Gasteiger partial charge in [0.05, 0.1) is 6.54 Å². The van der Waals surface area contributed by atoms with Crippen LogP contribution < -0.4 is 10.3 Å². The fraction of sp³-hybridized carbons (Fsp3) is 0.105. The summed E-state index contributed by atoms with van der Waals surface area (Å²) in [5.74, 6) is 0.575. The van der Waals surface area contributed by atoms with Crippen LogP contribution in [0.3, 0.4) is 0 Å². The summed E-state index contributed by atoms with van der Waals surface area (Å²) in [6.45, 7) is 0.955. The Morgan fingerprint density at radius 3 is 2.35 bits per heavy atom. The van der Waals surface area contributed by atoms with Crippen LogP contribution in [0.25, 0.3) is 0 Å². The molecule has 0 bridgehead atoms. The van der Waals surface area contributed by atoms with Gasteiger partial charge in [0.25, 0.3) is 5.56 Å². The zero-order valence-corrected chi connectivity index (χ0v) is 13.2. The number of benzene rings is 2. The number of ether oxygens (including phenoxy) is 1. The molecule has 2 aromatic carbocycles. The Morgan fingerprint density at radius 1 is 0.913 bits per heavy atom. The first-order valence-electron chi connectivity index (χ1n) is 7.32. The summed E-state index contributed by atoms with van der Waals surface area (Å²) in [6.07, 6.45) is 1.75. The molecule has 0 N–H and O–H groups in total. The van der Waals surface area contributed by atoms with Gasteiger partial charge in [-0.25, -0.2) is 0 Å². The number of hydrogen-bond acceptors (Lipinski definition) is 2.